The lowest BCUT2D eigenvalue weighted by atomic mass is 9.92. The molecule has 2 aromatic carbocycles. The van der Waals surface area contributed by atoms with Gasteiger partial charge in [0.15, 0.2) is 0 Å². The zero-order chi connectivity index (χ0) is 13.7. The number of hydrogen-bond donors (Lipinski definition) is 1. The highest BCUT2D eigenvalue weighted by Crippen LogP contribution is 2.28. The molecule has 0 aliphatic rings. The number of hydrogen-bond acceptors (Lipinski definition) is 1. The summed E-state index contributed by atoms with van der Waals surface area (Å²) in [6, 6.07) is 18.9. The first-order valence-electron chi connectivity index (χ1n) is 6.65. The van der Waals surface area contributed by atoms with Crippen LogP contribution >= 0.6 is 0 Å². The molecular formula is C18H20O. The summed E-state index contributed by atoms with van der Waals surface area (Å²) >= 11 is 0. The van der Waals surface area contributed by atoms with Gasteiger partial charge < -0.3 is 5.11 Å². The Kier molecular flexibility index (Phi) is 4.53. The SMILES string of the molecule is C/C(CCO)=C(\c1ccccc1)c1ccc(C)cc1. The van der Waals surface area contributed by atoms with Crippen molar-refractivity contribution in [2.75, 3.05) is 6.61 Å². The number of rotatable bonds is 4. The monoisotopic (exact) mass is 252 g/mol. The van der Waals surface area contributed by atoms with E-state index < -0.39 is 0 Å². The van der Waals surface area contributed by atoms with Crippen LogP contribution in [0.3, 0.4) is 0 Å². The highest BCUT2D eigenvalue weighted by molar-refractivity contribution is 5.81. The summed E-state index contributed by atoms with van der Waals surface area (Å²) in [5, 5.41) is 9.19. The van der Waals surface area contributed by atoms with Gasteiger partial charge in [-0.25, -0.2) is 0 Å². The second kappa shape index (κ2) is 6.35. The molecule has 1 heteroatoms. The van der Waals surface area contributed by atoms with Gasteiger partial charge in [-0.1, -0.05) is 65.7 Å². The van der Waals surface area contributed by atoms with E-state index in [4.69, 9.17) is 0 Å². The maximum atomic E-state index is 9.19. The molecule has 98 valence electrons. The number of aryl methyl sites for hydroxylation is 1. The van der Waals surface area contributed by atoms with E-state index in [9.17, 15) is 5.11 Å². The fourth-order valence-electron chi connectivity index (χ4n) is 2.28. The fraction of sp³-hybridized carbons (Fsp3) is 0.222. The molecule has 0 fully saturated rings. The van der Waals surface area contributed by atoms with E-state index in [1.54, 1.807) is 0 Å². The van der Waals surface area contributed by atoms with Crippen molar-refractivity contribution in [1.82, 2.24) is 0 Å². The molecule has 0 radical (unpaired) electrons. The molecule has 19 heavy (non-hydrogen) atoms. The van der Waals surface area contributed by atoms with Crippen LogP contribution in [0.15, 0.2) is 60.2 Å². The summed E-state index contributed by atoms with van der Waals surface area (Å²) in [6.07, 6.45) is 0.706. The standard InChI is InChI=1S/C18H20O/c1-14-8-10-17(11-9-14)18(15(2)12-13-19)16-6-4-3-5-7-16/h3-11,19H,12-13H2,1-2H3/b18-15-. The van der Waals surface area contributed by atoms with Crippen molar-refractivity contribution in [3.63, 3.8) is 0 Å². The van der Waals surface area contributed by atoms with Crippen LogP contribution in [-0.4, -0.2) is 11.7 Å². The Morgan fingerprint density at radius 2 is 1.47 bits per heavy atom. The minimum absolute atomic E-state index is 0.189. The third kappa shape index (κ3) is 3.33. The molecule has 0 bridgehead atoms. The van der Waals surface area contributed by atoms with Crippen LogP contribution < -0.4 is 0 Å². The molecular weight excluding hydrogens is 232 g/mol. The van der Waals surface area contributed by atoms with E-state index in [0.29, 0.717) is 6.42 Å². The van der Waals surface area contributed by atoms with E-state index in [1.165, 1.54) is 27.8 Å². The predicted octanol–water partition coefficient (Wildman–Crippen LogP) is 4.20. The molecule has 0 heterocycles. The lowest BCUT2D eigenvalue weighted by molar-refractivity contribution is 0.299. The second-order valence-corrected chi connectivity index (χ2v) is 4.86. The maximum Gasteiger partial charge on any atom is 0.0468 e. The minimum Gasteiger partial charge on any atom is -0.396 e. The van der Waals surface area contributed by atoms with Crippen molar-refractivity contribution >= 4 is 5.57 Å². The quantitative estimate of drug-likeness (QED) is 0.864. The fourth-order valence-corrected chi connectivity index (χ4v) is 2.28. The van der Waals surface area contributed by atoms with Crippen LogP contribution in [0.2, 0.25) is 0 Å². The summed E-state index contributed by atoms with van der Waals surface area (Å²) in [7, 11) is 0. The molecule has 1 N–H and O–H groups in total. The van der Waals surface area contributed by atoms with Gasteiger partial charge in [-0.05, 0) is 37.0 Å². The molecule has 0 unspecified atom stereocenters. The highest BCUT2D eigenvalue weighted by Gasteiger charge is 2.08. The van der Waals surface area contributed by atoms with E-state index in [1.807, 2.05) is 6.07 Å². The van der Waals surface area contributed by atoms with Crippen molar-refractivity contribution in [1.29, 1.82) is 0 Å². The van der Waals surface area contributed by atoms with Crippen molar-refractivity contribution in [2.45, 2.75) is 20.3 Å². The van der Waals surface area contributed by atoms with E-state index in [2.05, 4.69) is 62.4 Å². The van der Waals surface area contributed by atoms with Crippen LogP contribution in [0.5, 0.6) is 0 Å². The zero-order valence-corrected chi connectivity index (χ0v) is 11.6. The number of aliphatic hydroxyl groups is 1. The Morgan fingerprint density at radius 3 is 2.05 bits per heavy atom. The summed E-state index contributed by atoms with van der Waals surface area (Å²) in [5.41, 5.74) is 6.13. The van der Waals surface area contributed by atoms with Crippen LogP contribution in [-0.2, 0) is 0 Å². The molecule has 1 nitrogen and oxygen atoms in total. The van der Waals surface area contributed by atoms with Crippen molar-refractivity contribution in [3.05, 3.63) is 76.9 Å². The second-order valence-electron chi connectivity index (χ2n) is 4.86. The predicted molar refractivity (Wildman–Crippen MR) is 81.0 cm³/mol. The lowest BCUT2D eigenvalue weighted by Crippen LogP contribution is -1.95. The molecule has 0 spiro atoms. The Balaban J connectivity index is 2.52. The Hall–Kier alpha value is -1.86. The third-order valence-corrected chi connectivity index (χ3v) is 3.32. The summed E-state index contributed by atoms with van der Waals surface area (Å²) in [4.78, 5) is 0. The van der Waals surface area contributed by atoms with E-state index in [-0.39, 0.29) is 6.61 Å². The van der Waals surface area contributed by atoms with Crippen LogP contribution in [0.25, 0.3) is 5.57 Å². The first-order chi connectivity index (χ1) is 9.22. The lowest BCUT2D eigenvalue weighted by Gasteiger charge is -2.13. The van der Waals surface area contributed by atoms with Gasteiger partial charge in [0.05, 0.1) is 0 Å². The zero-order valence-electron chi connectivity index (χ0n) is 11.6. The average molecular weight is 252 g/mol. The molecule has 0 saturated carbocycles. The van der Waals surface area contributed by atoms with Gasteiger partial charge in [0, 0.05) is 6.61 Å². The molecule has 0 amide bonds. The van der Waals surface area contributed by atoms with Gasteiger partial charge in [-0.15, -0.1) is 0 Å². The Labute approximate surface area is 115 Å². The smallest absolute Gasteiger partial charge is 0.0468 e. The molecule has 2 rings (SSSR count). The number of aliphatic hydroxyl groups excluding tert-OH is 1. The van der Waals surface area contributed by atoms with Gasteiger partial charge in [0.1, 0.15) is 0 Å². The minimum atomic E-state index is 0.189. The van der Waals surface area contributed by atoms with Gasteiger partial charge in [-0.3, -0.25) is 0 Å². The Bertz CT molecular complexity index is 550. The molecule has 0 saturated heterocycles. The Morgan fingerprint density at radius 1 is 0.895 bits per heavy atom. The van der Waals surface area contributed by atoms with Crippen LogP contribution in [0.1, 0.15) is 30.0 Å². The first kappa shape index (κ1) is 13.6. The molecule has 0 aliphatic heterocycles. The average Bonchev–Trinajstić information content (AvgIpc) is 2.43. The molecule has 0 aliphatic carbocycles. The molecule has 0 atom stereocenters. The largest absolute Gasteiger partial charge is 0.396 e. The summed E-state index contributed by atoms with van der Waals surface area (Å²) < 4.78 is 0. The molecule has 0 aromatic heterocycles. The van der Waals surface area contributed by atoms with Crippen molar-refractivity contribution in [2.24, 2.45) is 0 Å². The first-order valence-corrected chi connectivity index (χ1v) is 6.65. The van der Waals surface area contributed by atoms with Crippen molar-refractivity contribution in [3.8, 4) is 0 Å². The highest BCUT2D eigenvalue weighted by atomic mass is 16.2. The number of benzene rings is 2. The van der Waals surface area contributed by atoms with Gasteiger partial charge >= 0.3 is 0 Å². The van der Waals surface area contributed by atoms with E-state index >= 15 is 0 Å². The summed E-state index contributed by atoms with van der Waals surface area (Å²) in [6.45, 7) is 4.38. The molecule has 2 aromatic rings. The van der Waals surface area contributed by atoms with E-state index in [0.717, 1.165) is 0 Å². The normalized spacial score (nSPS) is 12.2. The van der Waals surface area contributed by atoms with Crippen LogP contribution in [0, 0.1) is 6.92 Å². The summed E-state index contributed by atoms with van der Waals surface area (Å²) in [5.74, 6) is 0. The van der Waals surface area contributed by atoms with Gasteiger partial charge in [-0.2, -0.15) is 0 Å². The third-order valence-electron chi connectivity index (χ3n) is 3.32. The van der Waals surface area contributed by atoms with Gasteiger partial charge in [0.25, 0.3) is 0 Å². The van der Waals surface area contributed by atoms with Gasteiger partial charge in [0.2, 0.25) is 0 Å². The van der Waals surface area contributed by atoms with Crippen molar-refractivity contribution < 1.29 is 5.11 Å². The topological polar surface area (TPSA) is 20.2 Å². The maximum absolute atomic E-state index is 9.19. The van der Waals surface area contributed by atoms with Crippen LogP contribution in [0.4, 0.5) is 0 Å².